The molecule has 2 heteroatoms. The van der Waals surface area contributed by atoms with E-state index in [1.54, 1.807) is 0 Å². The summed E-state index contributed by atoms with van der Waals surface area (Å²) in [6.07, 6.45) is -0.464. The van der Waals surface area contributed by atoms with Gasteiger partial charge in [-0.3, -0.25) is 5.73 Å². The Labute approximate surface area is 112 Å². The Morgan fingerprint density at radius 2 is 1.42 bits per heavy atom. The first-order valence-electron chi connectivity index (χ1n) is 6.29. The molecule has 0 aliphatic rings. The van der Waals surface area contributed by atoms with Gasteiger partial charge >= 0.3 is 0 Å². The van der Waals surface area contributed by atoms with Crippen molar-refractivity contribution in [2.75, 3.05) is 0 Å². The van der Waals surface area contributed by atoms with Gasteiger partial charge in [0.15, 0.2) is 6.23 Å². The predicted octanol–water partition coefficient (Wildman–Crippen LogP) is 3.88. The molecule has 0 radical (unpaired) electrons. The lowest BCUT2D eigenvalue weighted by Crippen LogP contribution is -2.17. The number of nitrogens with two attached hydrogens (primary N) is 1. The molecule has 0 aliphatic carbocycles. The first-order chi connectivity index (χ1) is 9.34. The third-order valence-corrected chi connectivity index (χ3v) is 3.14. The van der Waals surface area contributed by atoms with E-state index in [9.17, 15) is 0 Å². The third-order valence-electron chi connectivity index (χ3n) is 3.14. The van der Waals surface area contributed by atoms with E-state index >= 15 is 0 Å². The summed E-state index contributed by atoms with van der Waals surface area (Å²) in [7, 11) is 0. The molecule has 3 aromatic rings. The molecule has 0 saturated heterocycles. The van der Waals surface area contributed by atoms with Crippen molar-refractivity contribution in [2.24, 2.45) is 5.73 Å². The molecule has 0 saturated carbocycles. The maximum Gasteiger partial charge on any atom is 0.174 e. The van der Waals surface area contributed by atoms with E-state index in [-0.39, 0.29) is 0 Å². The van der Waals surface area contributed by atoms with Gasteiger partial charge in [-0.05, 0) is 22.9 Å². The monoisotopic (exact) mass is 249 g/mol. The summed E-state index contributed by atoms with van der Waals surface area (Å²) >= 11 is 0. The van der Waals surface area contributed by atoms with Crippen LogP contribution < -0.4 is 10.5 Å². The zero-order valence-corrected chi connectivity index (χ0v) is 10.5. The quantitative estimate of drug-likeness (QED) is 0.715. The highest BCUT2D eigenvalue weighted by Crippen LogP contribution is 2.25. The predicted molar refractivity (Wildman–Crippen MR) is 77.9 cm³/mol. The molecule has 0 aromatic heterocycles. The molecule has 94 valence electrons. The van der Waals surface area contributed by atoms with Crippen molar-refractivity contribution in [1.82, 2.24) is 0 Å². The molecule has 0 fully saturated rings. The lowest BCUT2D eigenvalue weighted by atomic mass is 10.0. The van der Waals surface area contributed by atoms with Gasteiger partial charge in [0.05, 0.1) is 0 Å². The zero-order valence-electron chi connectivity index (χ0n) is 10.5. The van der Waals surface area contributed by atoms with Crippen LogP contribution in [0.2, 0.25) is 0 Å². The largest absolute Gasteiger partial charge is 0.471 e. The van der Waals surface area contributed by atoms with Crippen LogP contribution in [0.3, 0.4) is 0 Å². The molecular weight excluding hydrogens is 234 g/mol. The van der Waals surface area contributed by atoms with E-state index in [1.165, 1.54) is 5.39 Å². The highest BCUT2D eigenvalue weighted by Gasteiger charge is 2.10. The summed E-state index contributed by atoms with van der Waals surface area (Å²) in [6.45, 7) is 0. The van der Waals surface area contributed by atoms with Gasteiger partial charge in [0, 0.05) is 5.56 Å². The van der Waals surface area contributed by atoms with Crippen molar-refractivity contribution in [3.63, 3.8) is 0 Å². The molecule has 2 nitrogen and oxygen atoms in total. The van der Waals surface area contributed by atoms with E-state index in [0.29, 0.717) is 0 Å². The van der Waals surface area contributed by atoms with Crippen LogP contribution in [-0.4, -0.2) is 0 Å². The van der Waals surface area contributed by atoms with Crippen molar-refractivity contribution in [3.05, 3.63) is 78.4 Å². The number of fused-ring (bicyclic) bond motifs is 1. The normalized spacial score (nSPS) is 12.3. The number of para-hydroxylation sites is 1. The second-order valence-corrected chi connectivity index (χ2v) is 4.42. The molecule has 1 unspecified atom stereocenters. The fourth-order valence-corrected chi connectivity index (χ4v) is 2.21. The first kappa shape index (κ1) is 11.8. The summed E-state index contributed by atoms with van der Waals surface area (Å²) in [5.41, 5.74) is 7.17. The van der Waals surface area contributed by atoms with Crippen LogP contribution in [0, 0.1) is 0 Å². The van der Waals surface area contributed by atoms with Crippen LogP contribution in [0.25, 0.3) is 10.8 Å². The highest BCUT2D eigenvalue weighted by atomic mass is 16.5. The van der Waals surface area contributed by atoms with Crippen molar-refractivity contribution < 1.29 is 4.74 Å². The van der Waals surface area contributed by atoms with Gasteiger partial charge in [-0.2, -0.15) is 0 Å². The van der Waals surface area contributed by atoms with Crippen LogP contribution >= 0.6 is 0 Å². The average molecular weight is 249 g/mol. The van der Waals surface area contributed by atoms with Crippen molar-refractivity contribution in [2.45, 2.75) is 6.23 Å². The van der Waals surface area contributed by atoms with E-state index in [0.717, 1.165) is 16.7 Å². The second-order valence-electron chi connectivity index (χ2n) is 4.42. The Kier molecular flexibility index (Phi) is 3.17. The van der Waals surface area contributed by atoms with Crippen LogP contribution in [0.5, 0.6) is 5.75 Å². The van der Waals surface area contributed by atoms with Crippen LogP contribution in [0.15, 0.2) is 72.8 Å². The zero-order chi connectivity index (χ0) is 13.1. The summed E-state index contributed by atoms with van der Waals surface area (Å²) in [4.78, 5) is 0. The molecule has 0 heterocycles. The fourth-order valence-electron chi connectivity index (χ4n) is 2.21. The van der Waals surface area contributed by atoms with Gasteiger partial charge in [-0.1, -0.05) is 60.7 Å². The lowest BCUT2D eigenvalue weighted by molar-refractivity contribution is 0.215. The van der Waals surface area contributed by atoms with Crippen molar-refractivity contribution >= 4 is 10.8 Å². The molecule has 0 aliphatic heterocycles. The maximum absolute atomic E-state index is 6.17. The lowest BCUT2D eigenvalue weighted by Gasteiger charge is -2.16. The molecular formula is C17H15NO. The van der Waals surface area contributed by atoms with Crippen molar-refractivity contribution in [3.8, 4) is 5.75 Å². The van der Waals surface area contributed by atoms with E-state index in [4.69, 9.17) is 10.5 Å². The fraction of sp³-hybridized carbons (Fsp3) is 0.0588. The Balaban J connectivity index is 1.96. The summed E-state index contributed by atoms with van der Waals surface area (Å²) < 4.78 is 5.79. The molecule has 19 heavy (non-hydrogen) atoms. The Morgan fingerprint density at radius 3 is 2.26 bits per heavy atom. The van der Waals surface area contributed by atoms with E-state index in [1.807, 2.05) is 54.6 Å². The molecule has 1 atom stereocenters. The Morgan fingerprint density at radius 1 is 0.737 bits per heavy atom. The molecule has 0 spiro atoms. The van der Waals surface area contributed by atoms with Gasteiger partial charge < -0.3 is 4.74 Å². The number of ether oxygens (including phenoxy) is 1. The van der Waals surface area contributed by atoms with Gasteiger partial charge in [-0.15, -0.1) is 0 Å². The Bertz CT molecular complexity index is 674. The van der Waals surface area contributed by atoms with Gasteiger partial charge in [0.2, 0.25) is 0 Å². The van der Waals surface area contributed by atoms with E-state index < -0.39 is 6.23 Å². The number of benzene rings is 3. The Hall–Kier alpha value is -2.32. The van der Waals surface area contributed by atoms with E-state index in [2.05, 4.69) is 18.2 Å². The number of hydrogen-bond acceptors (Lipinski definition) is 2. The molecule has 0 amide bonds. The molecule has 3 rings (SSSR count). The van der Waals surface area contributed by atoms with Gasteiger partial charge in [0.1, 0.15) is 5.75 Å². The molecule has 2 N–H and O–H groups in total. The third kappa shape index (κ3) is 2.44. The topological polar surface area (TPSA) is 35.2 Å². The van der Waals surface area contributed by atoms with Crippen LogP contribution in [0.1, 0.15) is 11.8 Å². The van der Waals surface area contributed by atoms with Crippen LogP contribution in [-0.2, 0) is 0 Å². The van der Waals surface area contributed by atoms with Crippen molar-refractivity contribution in [1.29, 1.82) is 0 Å². The van der Waals surface area contributed by atoms with Gasteiger partial charge in [-0.25, -0.2) is 0 Å². The first-order valence-corrected chi connectivity index (χ1v) is 6.29. The standard InChI is InChI=1S/C17H15NO/c18-17(19-14-9-2-1-3-10-14)16-12-6-8-13-7-4-5-11-15(13)16/h1-12,17H,18H2. The number of hydrogen-bond donors (Lipinski definition) is 1. The number of rotatable bonds is 3. The highest BCUT2D eigenvalue weighted by molar-refractivity contribution is 5.85. The summed E-state index contributed by atoms with van der Waals surface area (Å²) in [5.74, 6) is 0.780. The smallest absolute Gasteiger partial charge is 0.174 e. The van der Waals surface area contributed by atoms with Crippen LogP contribution in [0.4, 0.5) is 0 Å². The SMILES string of the molecule is NC(Oc1ccccc1)c1cccc2ccccc12. The maximum atomic E-state index is 6.17. The summed E-state index contributed by atoms with van der Waals surface area (Å²) in [5, 5.41) is 2.31. The minimum Gasteiger partial charge on any atom is -0.471 e. The van der Waals surface area contributed by atoms with Gasteiger partial charge in [0.25, 0.3) is 0 Å². The summed E-state index contributed by atoms with van der Waals surface area (Å²) in [6, 6.07) is 23.9. The second kappa shape index (κ2) is 5.12. The minimum atomic E-state index is -0.464. The molecule has 0 bridgehead atoms. The minimum absolute atomic E-state index is 0.464. The molecule has 3 aromatic carbocycles. The average Bonchev–Trinajstić information content (AvgIpc) is 2.47.